The summed E-state index contributed by atoms with van der Waals surface area (Å²) in [5.74, 6) is 1.86. The lowest BCUT2D eigenvalue weighted by molar-refractivity contribution is 0.892. The highest BCUT2D eigenvalue weighted by atomic mass is 127. The van der Waals surface area contributed by atoms with E-state index in [1.165, 1.54) is 16.7 Å². The second kappa shape index (κ2) is 7.20. The average molecular weight is 395 g/mol. The molecular formula is C17H22IN3. The maximum absolute atomic E-state index is 4.72. The number of nitrogens with one attached hydrogen (secondary N) is 1. The third-order valence-corrected chi connectivity index (χ3v) is 4.71. The van der Waals surface area contributed by atoms with Gasteiger partial charge in [0.2, 0.25) is 0 Å². The minimum Gasteiger partial charge on any atom is -0.369 e. The van der Waals surface area contributed by atoms with Crippen LogP contribution >= 0.6 is 22.6 Å². The lowest BCUT2D eigenvalue weighted by atomic mass is 10.0. The first-order chi connectivity index (χ1) is 10.0. The van der Waals surface area contributed by atoms with Crippen molar-refractivity contribution in [1.29, 1.82) is 0 Å². The molecule has 0 aliphatic carbocycles. The van der Waals surface area contributed by atoms with E-state index in [1.807, 2.05) is 0 Å². The summed E-state index contributed by atoms with van der Waals surface area (Å²) in [6.45, 7) is 9.39. The molecule has 2 rings (SSSR count). The van der Waals surface area contributed by atoms with E-state index < -0.39 is 0 Å². The molecule has 0 unspecified atom stereocenters. The standard InChI is InChI=1S/C17H22IN3/c1-5-14-16(18)17(19-6-2)21-15(20-14)10-13-8-7-11(3)12(4)9-13/h7-9H,5-6,10H2,1-4H3,(H,19,20,21). The number of aromatic nitrogens is 2. The summed E-state index contributed by atoms with van der Waals surface area (Å²) in [7, 11) is 0. The van der Waals surface area contributed by atoms with Crippen molar-refractivity contribution in [2.45, 2.75) is 40.5 Å². The van der Waals surface area contributed by atoms with E-state index >= 15 is 0 Å². The Labute approximate surface area is 140 Å². The molecule has 0 atom stereocenters. The van der Waals surface area contributed by atoms with Gasteiger partial charge in [-0.2, -0.15) is 0 Å². The van der Waals surface area contributed by atoms with Gasteiger partial charge < -0.3 is 5.32 Å². The number of nitrogens with zero attached hydrogens (tertiary/aromatic N) is 2. The fourth-order valence-corrected chi connectivity index (χ4v) is 3.05. The lowest BCUT2D eigenvalue weighted by Gasteiger charge is -2.12. The molecule has 0 saturated carbocycles. The molecule has 0 radical (unpaired) electrons. The molecule has 4 heteroatoms. The Balaban J connectivity index is 2.34. The van der Waals surface area contributed by atoms with E-state index in [2.05, 4.69) is 78.8 Å². The first kappa shape index (κ1) is 16.2. The van der Waals surface area contributed by atoms with Gasteiger partial charge in [-0.3, -0.25) is 0 Å². The Morgan fingerprint density at radius 1 is 1.10 bits per heavy atom. The van der Waals surface area contributed by atoms with Gasteiger partial charge in [-0.15, -0.1) is 0 Å². The number of hydrogen-bond acceptors (Lipinski definition) is 3. The van der Waals surface area contributed by atoms with Crippen molar-refractivity contribution in [1.82, 2.24) is 9.97 Å². The lowest BCUT2D eigenvalue weighted by Crippen LogP contribution is -2.10. The molecule has 0 fully saturated rings. The van der Waals surface area contributed by atoms with Crippen molar-refractivity contribution in [3.8, 4) is 0 Å². The molecule has 0 amide bonds. The summed E-state index contributed by atoms with van der Waals surface area (Å²) in [5, 5.41) is 3.34. The molecule has 0 spiro atoms. The van der Waals surface area contributed by atoms with Crippen molar-refractivity contribution in [2.75, 3.05) is 11.9 Å². The minimum atomic E-state index is 0.781. The van der Waals surface area contributed by atoms with Crippen LogP contribution in [0.15, 0.2) is 18.2 Å². The summed E-state index contributed by atoms with van der Waals surface area (Å²) in [6, 6.07) is 6.57. The molecule has 2 aromatic rings. The zero-order valence-electron chi connectivity index (χ0n) is 13.1. The molecule has 0 bridgehead atoms. The number of benzene rings is 1. The molecule has 112 valence electrons. The highest BCUT2D eigenvalue weighted by Gasteiger charge is 2.11. The van der Waals surface area contributed by atoms with Crippen LogP contribution in [0.25, 0.3) is 0 Å². The summed E-state index contributed by atoms with van der Waals surface area (Å²) < 4.78 is 1.14. The highest BCUT2D eigenvalue weighted by molar-refractivity contribution is 14.1. The van der Waals surface area contributed by atoms with Gasteiger partial charge in [0, 0.05) is 13.0 Å². The third-order valence-electron chi connectivity index (χ3n) is 3.58. The predicted octanol–water partition coefficient (Wildman–Crippen LogP) is 4.28. The normalized spacial score (nSPS) is 10.7. The van der Waals surface area contributed by atoms with E-state index in [4.69, 9.17) is 4.98 Å². The summed E-state index contributed by atoms with van der Waals surface area (Å²) >= 11 is 2.33. The minimum absolute atomic E-state index is 0.781. The van der Waals surface area contributed by atoms with Crippen LogP contribution in [-0.2, 0) is 12.8 Å². The fraction of sp³-hybridized carbons (Fsp3) is 0.412. The molecule has 0 saturated heterocycles. The van der Waals surface area contributed by atoms with Crippen LogP contribution in [-0.4, -0.2) is 16.5 Å². The van der Waals surface area contributed by atoms with E-state index in [0.717, 1.165) is 40.3 Å². The second-order valence-corrected chi connectivity index (χ2v) is 6.31. The van der Waals surface area contributed by atoms with Crippen LogP contribution in [0.5, 0.6) is 0 Å². The maximum atomic E-state index is 4.72. The Morgan fingerprint density at radius 3 is 2.48 bits per heavy atom. The van der Waals surface area contributed by atoms with Gasteiger partial charge in [-0.25, -0.2) is 9.97 Å². The summed E-state index contributed by atoms with van der Waals surface area (Å²) in [5.41, 5.74) is 5.04. The van der Waals surface area contributed by atoms with Crippen LogP contribution in [0, 0.1) is 17.4 Å². The van der Waals surface area contributed by atoms with Crippen LogP contribution in [0.4, 0.5) is 5.82 Å². The number of rotatable bonds is 5. The summed E-state index contributed by atoms with van der Waals surface area (Å²) in [4.78, 5) is 9.41. The van der Waals surface area contributed by atoms with Gasteiger partial charge in [0.25, 0.3) is 0 Å². The van der Waals surface area contributed by atoms with Crippen LogP contribution in [0.3, 0.4) is 0 Å². The van der Waals surface area contributed by atoms with Crippen molar-refractivity contribution in [3.63, 3.8) is 0 Å². The molecule has 3 nitrogen and oxygen atoms in total. The van der Waals surface area contributed by atoms with E-state index in [9.17, 15) is 0 Å². The third kappa shape index (κ3) is 3.93. The SMILES string of the molecule is CCNc1nc(Cc2ccc(C)c(C)c2)nc(CC)c1I. The largest absolute Gasteiger partial charge is 0.369 e. The highest BCUT2D eigenvalue weighted by Crippen LogP contribution is 2.21. The Kier molecular flexibility index (Phi) is 5.56. The van der Waals surface area contributed by atoms with Crippen LogP contribution in [0.1, 0.15) is 42.1 Å². The zero-order chi connectivity index (χ0) is 15.4. The molecule has 1 heterocycles. The summed E-state index contributed by atoms with van der Waals surface area (Å²) in [6.07, 6.45) is 1.71. The number of halogens is 1. The van der Waals surface area contributed by atoms with Gasteiger partial charge in [0.1, 0.15) is 11.6 Å². The van der Waals surface area contributed by atoms with Gasteiger partial charge in [0.05, 0.1) is 9.26 Å². The Morgan fingerprint density at radius 2 is 1.86 bits per heavy atom. The van der Waals surface area contributed by atoms with Gasteiger partial charge in [-0.1, -0.05) is 25.1 Å². The number of hydrogen-bond donors (Lipinski definition) is 1. The van der Waals surface area contributed by atoms with Crippen molar-refractivity contribution in [2.24, 2.45) is 0 Å². The Hall–Kier alpha value is -1.17. The quantitative estimate of drug-likeness (QED) is 0.768. The van der Waals surface area contributed by atoms with Crippen molar-refractivity contribution < 1.29 is 0 Å². The first-order valence-corrected chi connectivity index (χ1v) is 8.48. The van der Waals surface area contributed by atoms with Gasteiger partial charge >= 0.3 is 0 Å². The number of anilines is 1. The van der Waals surface area contributed by atoms with E-state index in [-0.39, 0.29) is 0 Å². The second-order valence-electron chi connectivity index (χ2n) is 5.23. The molecule has 1 aromatic heterocycles. The van der Waals surface area contributed by atoms with Crippen molar-refractivity contribution >= 4 is 28.4 Å². The van der Waals surface area contributed by atoms with E-state index in [0.29, 0.717) is 0 Å². The monoisotopic (exact) mass is 395 g/mol. The molecular weight excluding hydrogens is 373 g/mol. The number of aryl methyl sites for hydroxylation is 3. The smallest absolute Gasteiger partial charge is 0.143 e. The predicted molar refractivity (Wildman–Crippen MR) is 97.0 cm³/mol. The van der Waals surface area contributed by atoms with Crippen molar-refractivity contribution in [3.05, 3.63) is 50.0 Å². The molecule has 1 N–H and O–H groups in total. The zero-order valence-corrected chi connectivity index (χ0v) is 15.3. The van der Waals surface area contributed by atoms with Gasteiger partial charge in [0.15, 0.2) is 0 Å². The molecule has 0 aliphatic heterocycles. The maximum Gasteiger partial charge on any atom is 0.143 e. The molecule has 1 aromatic carbocycles. The first-order valence-electron chi connectivity index (χ1n) is 7.40. The molecule has 0 aliphatic rings. The Bertz CT molecular complexity index is 638. The van der Waals surface area contributed by atoms with Gasteiger partial charge in [-0.05, 0) is 66.5 Å². The fourth-order valence-electron chi connectivity index (χ4n) is 2.24. The van der Waals surface area contributed by atoms with E-state index in [1.54, 1.807) is 0 Å². The average Bonchev–Trinajstić information content (AvgIpc) is 2.46. The topological polar surface area (TPSA) is 37.8 Å². The van der Waals surface area contributed by atoms with Crippen LogP contribution < -0.4 is 5.32 Å². The van der Waals surface area contributed by atoms with Crippen LogP contribution in [0.2, 0.25) is 0 Å². The molecule has 21 heavy (non-hydrogen) atoms.